The van der Waals surface area contributed by atoms with Crippen molar-refractivity contribution < 1.29 is 4.79 Å². The van der Waals surface area contributed by atoms with Gasteiger partial charge in [-0.25, -0.2) is 0 Å². The Morgan fingerprint density at radius 3 is 2.75 bits per heavy atom. The van der Waals surface area contributed by atoms with Crippen LogP contribution < -0.4 is 5.73 Å². The van der Waals surface area contributed by atoms with Crippen molar-refractivity contribution in [1.82, 2.24) is 4.90 Å². The molecule has 45 valence electrons. The van der Waals surface area contributed by atoms with E-state index in [1.54, 1.807) is 4.90 Å². The van der Waals surface area contributed by atoms with Gasteiger partial charge in [-0.1, -0.05) is 0 Å². The third kappa shape index (κ3) is 1.20. The topological polar surface area (TPSA) is 46.1 Å². The van der Waals surface area contributed by atoms with Crippen LogP contribution in [-0.2, 0) is 4.79 Å². The summed E-state index contributed by atoms with van der Waals surface area (Å²) in [6.07, 6.45) is 0.389. The Kier molecular flexibility index (Phi) is 1.48. The molecule has 1 amide bonds. The highest BCUT2D eigenvalue weighted by molar-refractivity contribution is 5.79. The van der Waals surface area contributed by atoms with Crippen LogP contribution >= 0.6 is 0 Å². The molecule has 1 rings (SSSR count). The van der Waals surface area contributed by atoms with Crippen molar-refractivity contribution in [3.63, 3.8) is 0 Å². The fraction of sp³-hybridized carbons (Fsp3) is 0.600. The second-order valence-corrected chi connectivity index (χ2v) is 1.82. The van der Waals surface area contributed by atoms with Crippen molar-refractivity contribution in [2.45, 2.75) is 6.42 Å². The smallest absolute Gasteiger partial charge is 0.224 e. The molecule has 1 radical (unpaired) electrons. The van der Waals surface area contributed by atoms with Crippen LogP contribution in [0.15, 0.2) is 0 Å². The minimum absolute atomic E-state index is 0.146. The molecule has 1 saturated heterocycles. The van der Waals surface area contributed by atoms with Gasteiger partial charge >= 0.3 is 0 Å². The highest BCUT2D eigenvalue weighted by atomic mass is 16.2. The summed E-state index contributed by atoms with van der Waals surface area (Å²) in [6.45, 7) is 3.24. The number of hydrogen-bond donors (Lipinski definition) is 1. The highest BCUT2D eigenvalue weighted by Gasteiger charge is 2.22. The molecule has 3 nitrogen and oxygen atoms in total. The maximum atomic E-state index is 10.6. The predicted molar refractivity (Wildman–Crippen MR) is 29.7 cm³/mol. The molecule has 2 N–H and O–H groups in total. The van der Waals surface area contributed by atoms with Gasteiger partial charge in [0.2, 0.25) is 5.91 Å². The summed E-state index contributed by atoms with van der Waals surface area (Å²) in [7, 11) is 0. The molecule has 1 aliphatic heterocycles. The fourth-order valence-electron chi connectivity index (χ4n) is 0.529. The van der Waals surface area contributed by atoms with E-state index < -0.39 is 0 Å². The molecule has 0 aromatic carbocycles. The molecule has 1 heterocycles. The quantitative estimate of drug-likeness (QED) is 0.483. The van der Waals surface area contributed by atoms with E-state index in [-0.39, 0.29) is 5.91 Å². The third-order valence-corrected chi connectivity index (χ3v) is 1.09. The molecule has 0 saturated carbocycles. The van der Waals surface area contributed by atoms with Gasteiger partial charge in [-0.15, -0.1) is 0 Å². The molecule has 8 heavy (non-hydrogen) atoms. The Bertz CT molecular complexity index is 98.6. The normalized spacial score (nSPS) is 16.4. The average molecular weight is 113 g/mol. The maximum absolute atomic E-state index is 10.6. The molecule has 0 atom stereocenters. The third-order valence-electron chi connectivity index (χ3n) is 1.09. The summed E-state index contributed by atoms with van der Waals surface area (Å²) in [6, 6.07) is 0. The van der Waals surface area contributed by atoms with Crippen LogP contribution in [0.4, 0.5) is 0 Å². The number of amides is 1. The summed E-state index contributed by atoms with van der Waals surface area (Å²) in [5, 5.41) is 0. The zero-order valence-corrected chi connectivity index (χ0v) is 4.63. The van der Waals surface area contributed by atoms with E-state index >= 15 is 0 Å². The summed E-state index contributed by atoms with van der Waals surface area (Å²) >= 11 is 0. The summed E-state index contributed by atoms with van der Waals surface area (Å²) < 4.78 is 0. The van der Waals surface area contributed by atoms with Crippen molar-refractivity contribution in [3.8, 4) is 0 Å². The van der Waals surface area contributed by atoms with Gasteiger partial charge in [0.1, 0.15) is 0 Å². The molecule has 0 bridgehead atoms. The van der Waals surface area contributed by atoms with Crippen LogP contribution in [0.1, 0.15) is 6.42 Å². The Balaban J connectivity index is 2.13. The average Bonchev–Trinajstić information content (AvgIpc) is 2.45. The predicted octanol–water partition coefficient (Wildman–Crippen LogP) is -0.661. The second kappa shape index (κ2) is 2.13. The van der Waals surface area contributed by atoms with Gasteiger partial charge in [-0.2, -0.15) is 0 Å². The maximum Gasteiger partial charge on any atom is 0.224 e. The van der Waals surface area contributed by atoms with Crippen LogP contribution in [0, 0.1) is 6.54 Å². The number of carbonyl (C=O) groups is 1. The number of hydrogen-bond acceptors (Lipinski definition) is 2. The number of carbonyl (C=O) groups excluding carboxylic acids is 1. The summed E-state index contributed by atoms with van der Waals surface area (Å²) in [5.74, 6) is 0.146. The Morgan fingerprint density at radius 1 is 1.75 bits per heavy atom. The van der Waals surface area contributed by atoms with Crippen molar-refractivity contribution >= 4 is 5.91 Å². The minimum atomic E-state index is 0.146. The molecule has 3 heteroatoms. The SMILES string of the molecule is N[CH]CC(=O)N1CC1. The largest absolute Gasteiger partial charge is 0.339 e. The van der Waals surface area contributed by atoms with Crippen LogP contribution in [0.25, 0.3) is 0 Å². The molecule has 0 aromatic heterocycles. The van der Waals surface area contributed by atoms with E-state index in [0.29, 0.717) is 6.42 Å². The number of nitrogens with zero attached hydrogens (tertiary/aromatic N) is 1. The first-order valence-corrected chi connectivity index (χ1v) is 2.66. The Morgan fingerprint density at radius 2 is 2.38 bits per heavy atom. The van der Waals surface area contributed by atoms with Crippen molar-refractivity contribution in [3.05, 3.63) is 6.54 Å². The summed E-state index contributed by atoms with van der Waals surface area (Å²) in [4.78, 5) is 12.4. The van der Waals surface area contributed by atoms with Gasteiger partial charge in [-0.3, -0.25) is 4.79 Å². The minimum Gasteiger partial charge on any atom is -0.339 e. The zero-order chi connectivity index (χ0) is 5.98. The molecular formula is C5H9N2O. The lowest BCUT2D eigenvalue weighted by molar-refractivity contribution is -0.125. The molecule has 0 unspecified atom stereocenters. The van der Waals surface area contributed by atoms with Gasteiger partial charge in [0.25, 0.3) is 0 Å². The molecule has 1 aliphatic rings. The lowest BCUT2D eigenvalue weighted by Gasteiger charge is -1.94. The van der Waals surface area contributed by atoms with Crippen molar-refractivity contribution in [2.75, 3.05) is 13.1 Å². The van der Waals surface area contributed by atoms with Gasteiger partial charge in [0.05, 0.1) is 0 Å². The lowest BCUT2D eigenvalue weighted by atomic mass is 10.4. The van der Waals surface area contributed by atoms with Gasteiger partial charge in [-0.05, 0) is 0 Å². The van der Waals surface area contributed by atoms with Crippen molar-refractivity contribution in [2.24, 2.45) is 5.73 Å². The second-order valence-electron chi connectivity index (χ2n) is 1.82. The number of nitrogens with two attached hydrogens (primary N) is 1. The van der Waals surface area contributed by atoms with Crippen LogP contribution in [-0.4, -0.2) is 23.9 Å². The van der Waals surface area contributed by atoms with Crippen LogP contribution in [0.3, 0.4) is 0 Å². The van der Waals surface area contributed by atoms with E-state index in [1.165, 1.54) is 6.54 Å². The standard InChI is InChI=1S/C5H9N2O/c6-2-1-5(8)7-3-4-7/h2H,1,3-4,6H2. The van der Waals surface area contributed by atoms with E-state index in [4.69, 9.17) is 5.73 Å². The number of rotatable bonds is 2. The van der Waals surface area contributed by atoms with Crippen LogP contribution in [0.5, 0.6) is 0 Å². The van der Waals surface area contributed by atoms with E-state index in [9.17, 15) is 4.79 Å². The van der Waals surface area contributed by atoms with Crippen molar-refractivity contribution in [1.29, 1.82) is 0 Å². The highest BCUT2D eigenvalue weighted by Crippen LogP contribution is 2.05. The Labute approximate surface area is 48.5 Å². The zero-order valence-electron chi connectivity index (χ0n) is 4.63. The molecule has 0 aromatic rings. The molecule has 1 fully saturated rings. The summed E-state index contributed by atoms with van der Waals surface area (Å²) in [5.41, 5.74) is 5.02. The first-order chi connectivity index (χ1) is 3.84. The van der Waals surface area contributed by atoms with Gasteiger partial charge < -0.3 is 10.6 Å². The molecule has 0 spiro atoms. The molecule has 0 aliphatic carbocycles. The molecular weight excluding hydrogens is 104 g/mol. The first kappa shape index (κ1) is 5.56. The van der Waals surface area contributed by atoms with E-state index in [2.05, 4.69) is 0 Å². The van der Waals surface area contributed by atoms with Crippen LogP contribution in [0.2, 0.25) is 0 Å². The van der Waals surface area contributed by atoms with E-state index in [0.717, 1.165) is 13.1 Å². The van der Waals surface area contributed by atoms with Gasteiger partial charge in [0, 0.05) is 26.1 Å². The monoisotopic (exact) mass is 113 g/mol. The van der Waals surface area contributed by atoms with E-state index in [1.807, 2.05) is 0 Å². The Hall–Kier alpha value is -0.570. The first-order valence-electron chi connectivity index (χ1n) is 2.66. The van der Waals surface area contributed by atoms with Gasteiger partial charge in [0.15, 0.2) is 0 Å². The fourth-order valence-corrected chi connectivity index (χ4v) is 0.529. The lowest BCUT2D eigenvalue weighted by Crippen LogP contribution is -2.11.